The molecule has 0 saturated heterocycles. The molecule has 86 valence electrons. The van der Waals surface area contributed by atoms with E-state index in [2.05, 4.69) is 4.98 Å². The molecular formula is C13H18N2O. The Balaban J connectivity index is 0.000000606. The standard InChI is InChI=1S/C11H12N2O.C2H6/c1-13-7-10(12-11(13)8-14)9-5-3-2-4-6-9;1-2/h2-7,14H,8H2,1H3;1-2H3. The number of hydrogen-bond donors (Lipinski definition) is 1. The average Bonchev–Trinajstić information content (AvgIpc) is 2.74. The van der Waals surface area contributed by atoms with Crippen molar-refractivity contribution in [1.82, 2.24) is 9.55 Å². The van der Waals surface area contributed by atoms with Gasteiger partial charge in [-0.2, -0.15) is 0 Å². The number of benzene rings is 1. The summed E-state index contributed by atoms with van der Waals surface area (Å²) in [5, 5.41) is 9.00. The molecule has 0 aliphatic rings. The zero-order chi connectivity index (χ0) is 12.0. The second-order valence-corrected chi connectivity index (χ2v) is 3.18. The van der Waals surface area contributed by atoms with Gasteiger partial charge < -0.3 is 9.67 Å². The van der Waals surface area contributed by atoms with Crippen LogP contribution < -0.4 is 0 Å². The highest BCUT2D eigenvalue weighted by atomic mass is 16.3. The van der Waals surface area contributed by atoms with Crippen LogP contribution >= 0.6 is 0 Å². The van der Waals surface area contributed by atoms with Gasteiger partial charge in [-0.3, -0.25) is 0 Å². The SMILES string of the molecule is CC.Cn1cc(-c2ccccc2)nc1CO. The summed E-state index contributed by atoms with van der Waals surface area (Å²) in [5.41, 5.74) is 1.97. The van der Waals surface area contributed by atoms with Crippen molar-refractivity contribution in [3.63, 3.8) is 0 Å². The van der Waals surface area contributed by atoms with Crippen LogP contribution in [0.25, 0.3) is 11.3 Å². The van der Waals surface area contributed by atoms with Crippen LogP contribution in [0.5, 0.6) is 0 Å². The maximum absolute atomic E-state index is 9.00. The van der Waals surface area contributed by atoms with E-state index in [-0.39, 0.29) is 6.61 Å². The zero-order valence-corrected chi connectivity index (χ0v) is 10.0. The average molecular weight is 218 g/mol. The predicted molar refractivity (Wildman–Crippen MR) is 65.9 cm³/mol. The lowest BCUT2D eigenvalue weighted by atomic mass is 10.2. The van der Waals surface area contributed by atoms with Gasteiger partial charge in [0.2, 0.25) is 0 Å². The third kappa shape index (κ3) is 2.70. The summed E-state index contributed by atoms with van der Waals surface area (Å²) in [4.78, 5) is 4.31. The number of rotatable bonds is 2. The number of aliphatic hydroxyl groups is 1. The maximum atomic E-state index is 9.00. The Hall–Kier alpha value is -1.61. The van der Waals surface area contributed by atoms with Gasteiger partial charge in [0.1, 0.15) is 12.4 Å². The van der Waals surface area contributed by atoms with Crippen LogP contribution in [-0.2, 0) is 13.7 Å². The van der Waals surface area contributed by atoms with E-state index in [1.807, 2.05) is 62.0 Å². The lowest BCUT2D eigenvalue weighted by Crippen LogP contribution is -1.94. The van der Waals surface area contributed by atoms with Crippen molar-refractivity contribution in [3.05, 3.63) is 42.4 Å². The summed E-state index contributed by atoms with van der Waals surface area (Å²) < 4.78 is 1.84. The number of imidazole rings is 1. The van der Waals surface area contributed by atoms with Gasteiger partial charge in [0.25, 0.3) is 0 Å². The fraction of sp³-hybridized carbons (Fsp3) is 0.308. The van der Waals surface area contributed by atoms with Crippen LogP contribution in [-0.4, -0.2) is 14.7 Å². The van der Waals surface area contributed by atoms with Crippen LogP contribution in [0.15, 0.2) is 36.5 Å². The van der Waals surface area contributed by atoms with Crippen molar-refractivity contribution >= 4 is 0 Å². The van der Waals surface area contributed by atoms with E-state index in [1.54, 1.807) is 0 Å². The fourth-order valence-corrected chi connectivity index (χ4v) is 1.40. The quantitative estimate of drug-likeness (QED) is 0.841. The highest BCUT2D eigenvalue weighted by Gasteiger charge is 2.04. The molecule has 16 heavy (non-hydrogen) atoms. The Bertz CT molecular complexity index is 421. The van der Waals surface area contributed by atoms with Crippen molar-refractivity contribution in [2.45, 2.75) is 20.5 Å². The third-order valence-corrected chi connectivity index (χ3v) is 2.18. The molecule has 0 atom stereocenters. The number of aromatic nitrogens is 2. The number of hydrogen-bond acceptors (Lipinski definition) is 2. The summed E-state index contributed by atoms with van der Waals surface area (Å²) in [6.07, 6.45) is 1.92. The number of aliphatic hydroxyl groups excluding tert-OH is 1. The van der Waals surface area contributed by atoms with Gasteiger partial charge in [0.05, 0.1) is 5.69 Å². The van der Waals surface area contributed by atoms with Crippen LogP contribution in [0.3, 0.4) is 0 Å². The first-order valence-electron chi connectivity index (χ1n) is 5.50. The van der Waals surface area contributed by atoms with Gasteiger partial charge >= 0.3 is 0 Å². The molecule has 0 fully saturated rings. The van der Waals surface area contributed by atoms with E-state index in [1.165, 1.54) is 0 Å². The third-order valence-electron chi connectivity index (χ3n) is 2.18. The summed E-state index contributed by atoms with van der Waals surface area (Å²) >= 11 is 0. The highest BCUT2D eigenvalue weighted by Crippen LogP contribution is 2.17. The van der Waals surface area contributed by atoms with E-state index >= 15 is 0 Å². The molecule has 0 bridgehead atoms. The van der Waals surface area contributed by atoms with E-state index in [9.17, 15) is 0 Å². The molecule has 0 amide bonds. The Kier molecular flexibility index (Phi) is 4.73. The molecule has 0 radical (unpaired) electrons. The van der Waals surface area contributed by atoms with Crippen LogP contribution in [0.2, 0.25) is 0 Å². The van der Waals surface area contributed by atoms with E-state index < -0.39 is 0 Å². The first-order chi connectivity index (χ1) is 7.81. The minimum atomic E-state index is -0.0245. The number of nitrogens with zero attached hydrogens (tertiary/aromatic N) is 2. The van der Waals surface area contributed by atoms with Crippen LogP contribution in [0.4, 0.5) is 0 Å². The Morgan fingerprint density at radius 1 is 1.19 bits per heavy atom. The van der Waals surface area contributed by atoms with Crippen molar-refractivity contribution in [2.75, 3.05) is 0 Å². The molecule has 0 aliphatic heterocycles. The summed E-state index contributed by atoms with van der Waals surface area (Å²) in [6.45, 7) is 3.98. The summed E-state index contributed by atoms with van der Waals surface area (Å²) in [5.74, 6) is 0.684. The predicted octanol–water partition coefficient (Wildman–Crippen LogP) is 2.61. The van der Waals surface area contributed by atoms with Gasteiger partial charge in [-0.1, -0.05) is 44.2 Å². The van der Waals surface area contributed by atoms with Gasteiger partial charge in [0, 0.05) is 18.8 Å². The van der Waals surface area contributed by atoms with E-state index in [0.717, 1.165) is 11.3 Å². The molecule has 1 N–H and O–H groups in total. The Morgan fingerprint density at radius 2 is 1.81 bits per heavy atom. The molecule has 3 nitrogen and oxygen atoms in total. The van der Waals surface area contributed by atoms with Crippen LogP contribution in [0, 0.1) is 0 Å². The first kappa shape index (κ1) is 12.5. The number of aryl methyl sites for hydroxylation is 1. The lowest BCUT2D eigenvalue weighted by molar-refractivity contribution is 0.267. The Morgan fingerprint density at radius 3 is 2.31 bits per heavy atom. The molecule has 0 aliphatic carbocycles. The Labute approximate surface area is 96.4 Å². The minimum absolute atomic E-state index is 0.0245. The van der Waals surface area contributed by atoms with Crippen molar-refractivity contribution in [1.29, 1.82) is 0 Å². The molecule has 0 spiro atoms. The molecule has 0 unspecified atom stereocenters. The van der Waals surface area contributed by atoms with Gasteiger partial charge in [-0.15, -0.1) is 0 Å². The topological polar surface area (TPSA) is 38.0 Å². The molecule has 3 heteroatoms. The van der Waals surface area contributed by atoms with Crippen molar-refractivity contribution in [3.8, 4) is 11.3 Å². The summed E-state index contributed by atoms with van der Waals surface area (Å²) in [7, 11) is 1.88. The normalized spacial score (nSPS) is 9.50. The molecule has 1 aromatic carbocycles. The van der Waals surface area contributed by atoms with E-state index in [4.69, 9.17) is 5.11 Å². The molecular weight excluding hydrogens is 200 g/mol. The fourth-order valence-electron chi connectivity index (χ4n) is 1.40. The second kappa shape index (κ2) is 6.08. The highest BCUT2D eigenvalue weighted by molar-refractivity contribution is 5.58. The minimum Gasteiger partial charge on any atom is -0.388 e. The monoisotopic (exact) mass is 218 g/mol. The second-order valence-electron chi connectivity index (χ2n) is 3.18. The van der Waals surface area contributed by atoms with Gasteiger partial charge in [-0.25, -0.2) is 4.98 Å². The molecule has 0 saturated carbocycles. The molecule has 2 aromatic rings. The largest absolute Gasteiger partial charge is 0.388 e. The zero-order valence-electron chi connectivity index (χ0n) is 10.0. The van der Waals surface area contributed by atoms with Crippen molar-refractivity contribution in [2.24, 2.45) is 7.05 Å². The lowest BCUT2D eigenvalue weighted by Gasteiger charge is -1.92. The summed E-state index contributed by atoms with van der Waals surface area (Å²) in [6, 6.07) is 9.93. The molecule has 2 rings (SSSR count). The molecule has 1 heterocycles. The smallest absolute Gasteiger partial charge is 0.134 e. The van der Waals surface area contributed by atoms with Gasteiger partial charge in [-0.05, 0) is 0 Å². The maximum Gasteiger partial charge on any atom is 0.134 e. The first-order valence-corrected chi connectivity index (χ1v) is 5.50. The van der Waals surface area contributed by atoms with Crippen LogP contribution in [0.1, 0.15) is 19.7 Å². The van der Waals surface area contributed by atoms with Gasteiger partial charge in [0.15, 0.2) is 0 Å². The van der Waals surface area contributed by atoms with E-state index in [0.29, 0.717) is 5.82 Å². The van der Waals surface area contributed by atoms with Crippen molar-refractivity contribution < 1.29 is 5.11 Å². The molecule has 1 aromatic heterocycles.